The largest absolute Gasteiger partial charge is 0.302 e. The number of nitrogens with one attached hydrogen (secondary N) is 1. The Kier molecular flexibility index (Phi) is 6.18. The fraction of sp³-hybridized carbons (Fsp3) is 1.00. The van der Waals surface area contributed by atoms with Crippen LogP contribution < -0.4 is 5.59 Å². The Balaban J connectivity index is 1.43. The normalized spacial score (nSPS) is 46.7. The molecule has 0 spiro atoms. The molecule has 0 aromatic rings. The molecule has 0 aromatic carbocycles. The summed E-state index contributed by atoms with van der Waals surface area (Å²) >= 11 is 0. The highest BCUT2D eigenvalue weighted by Gasteiger charge is 2.59. The zero-order chi connectivity index (χ0) is 19.9. The third-order valence-electron chi connectivity index (χ3n) is 10.7. The van der Waals surface area contributed by atoms with Crippen LogP contribution in [0.5, 0.6) is 0 Å². The Morgan fingerprint density at radius 2 is 1.75 bits per heavy atom. The fourth-order valence-electron chi connectivity index (χ4n) is 9.17. The third-order valence-corrected chi connectivity index (χ3v) is 10.7. The summed E-state index contributed by atoms with van der Waals surface area (Å²) in [5.41, 5.74) is 3.52. The number of hydrogen-bond donors (Lipinski definition) is 2. The second-order valence-corrected chi connectivity index (χ2v) is 11.8. The molecule has 4 aliphatic carbocycles. The maximum absolute atomic E-state index is 9.00. The summed E-state index contributed by atoms with van der Waals surface area (Å²) < 4.78 is 0. The molecule has 2 N–H and O–H groups in total. The van der Waals surface area contributed by atoms with Gasteiger partial charge in [0.25, 0.3) is 0 Å². The van der Waals surface area contributed by atoms with Gasteiger partial charge >= 0.3 is 0 Å². The van der Waals surface area contributed by atoms with E-state index in [0.717, 1.165) is 42.1 Å². The van der Waals surface area contributed by atoms with Gasteiger partial charge in [-0.25, -0.2) is 5.01 Å². The smallest absolute Gasteiger partial charge is 0.0149 e. The highest BCUT2D eigenvalue weighted by atomic mass is 16.5. The number of fused-ring (bicyclic) bond motifs is 5. The van der Waals surface area contributed by atoms with Gasteiger partial charge in [0, 0.05) is 13.6 Å². The van der Waals surface area contributed by atoms with E-state index in [4.69, 9.17) is 5.21 Å². The van der Waals surface area contributed by atoms with Gasteiger partial charge in [-0.1, -0.05) is 33.6 Å². The van der Waals surface area contributed by atoms with Gasteiger partial charge in [-0.15, -0.1) is 5.59 Å². The molecule has 0 saturated heterocycles. The molecule has 4 fully saturated rings. The summed E-state index contributed by atoms with van der Waals surface area (Å²) in [6, 6.07) is 0. The van der Waals surface area contributed by atoms with Crippen molar-refractivity contribution in [1.29, 1.82) is 0 Å². The van der Waals surface area contributed by atoms with Crippen LogP contribution >= 0.6 is 0 Å². The predicted molar refractivity (Wildman–Crippen MR) is 116 cm³/mol. The number of nitrogens with zero attached hydrogens (tertiary/aromatic N) is 1. The summed E-state index contributed by atoms with van der Waals surface area (Å²) in [5.74, 6) is 5.84. The second-order valence-electron chi connectivity index (χ2n) is 11.8. The van der Waals surface area contributed by atoms with Crippen molar-refractivity contribution in [2.24, 2.45) is 46.3 Å². The third kappa shape index (κ3) is 3.48. The van der Waals surface area contributed by atoms with Gasteiger partial charge in [0.1, 0.15) is 0 Å². The van der Waals surface area contributed by atoms with Crippen LogP contribution in [0.3, 0.4) is 0 Å². The van der Waals surface area contributed by atoms with Crippen molar-refractivity contribution in [3.8, 4) is 0 Å². The molecule has 0 aromatic heterocycles. The maximum atomic E-state index is 9.00. The van der Waals surface area contributed by atoms with Crippen LogP contribution in [0.15, 0.2) is 0 Å². The Bertz CT molecular complexity index is 539. The minimum absolute atomic E-state index is 0.597. The molecule has 0 heterocycles. The lowest BCUT2D eigenvalue weighted by molar-refractivity contribution is -0.114. The van der Waals surface area contributed by atoms with Crippen molar-refractivity contribution in [2.75, 3.05) is 13.6 Å². The summed E-state index contributed by atoms with van der Waals surface area (Å²) in [6.07, 6.45) is 17.6. The molecule has 28 heavy (non-hydrogen) atoms. The summed E-state index contributed by atoms with van der Waals surface area (Å²) in [6.45, 7) is 8.85. The molecule has 3 nitrogen and oxygen atoms in total. The zero-order valence-electron chi connectivity index (χ0n) is 19.1. The average molecular weight is 391 g/mol. The highest BCUT2D eigenvalue weighted by Crippen LogP contribution is 2.68. The van der Waals surface area contributed by atoms with Gasteiger partial charge in [-0.3, -0.25) is 0 Å². The van der Waals surface area contributed by atoms with Crippen LogP contribution in [0.25, 0.3) is 0 Å². The van der Waals surface area contributed by atoms with E-state index in [-0.39, 0.29) is 0 Å². The molecule has 162 valence electrons. The van der Waals surface area contributed by atoms with Gasteiger partial charge in [0.15, 0.2) is 0 Å². The Morgan fingerprint density at radius 3 is 2.54 bits per heavy atom. The molecular weight excluding hydrogens is 344 g/mol. The van der Waals surface area contributed by atoms with Crippen LogP contribution in [0.2, 0.25) is 0 Å². The first-order valence-corrected chi connectivity index (χ1v) is 12.5. The van der Waals surface area contributed by atoms with Crippen molar-refractivity contribution in [1.82, 2.24) is 10.6 Å². The first-order chi connectivity index (χ1) is 13.4. The lowest BCUT2D eigenvalue weighted by atomic mass is 9.44. The highest BCUT2D eigenvalue weighted by molar-refractivity contribution is 5.09. The lowest BCUT2D eigenvalue weighted by Crippen LogP contribution is -2.53. The van der Waals surface area contributed by atoms with Crippen molar-refractivity contribution >= 4 is 0 Å². The summed E-state index contributed by atoms with van der Waals surface area (Å²) in [5, 5.41) is 10.8. The summed E-state index contributed by atoms with van der Waals surface area (Å²) in [7, 11) is 1.92. The summed E-state index contributed by atoms with van der Waals surface area (Å²) in [4.78, 5) is 0. The molecule has 4 saturated carbocycles. The van der Waals surface area contributed by atoms with Crippen LogP contribution in [0, 0.1) is 46.3 Å². The molecule has 0 bridgehead atoms. The molecule has 3 heteroatoms. The number of hydrogen-bond acceptors (Lipinski definition) is 3. The van der Waals surface area contributed by atoms with Gasteiger partial charge in [0.05, 0.1) is 0 Å². The Hall–Kier alpha value is -0.120. The standard InChI is InChI=1S/C25H46N2O/c1-18(8-7-17-27(4)26-28)21-12-13-22-20-11-10-19-9-5-6-15-24(19,2)23(20)14-16-25(21,22)3/h18-23,26,28H,5-17H2,1-4H3/t18-,19?,20+,21-,22+,23+,24+,25-/m1/s1. The van der Waals surface area contributed by atoms with Crippen LogP contribution in [-0.4, -0.2) is 23.8 Å². The molecule has 4 aliphatic rings. The van der Waals surface area contributed by atoms with Crippen LogP contribution in [-0.2, 0) is 0 Å². The zero-order valence-corrected chi connectivity index (χ0v) is 19.1. The Labute approximate surface area is 174 Å². The minimum atomic E-state index is 0.597. The minimum Gasteiger partial charge on any atom is -0.302 e. The van der Waals surface area contributed by atoms with Crippen molar-refractivity contribution in [2.45, 2.75) is 97.8 Å². The molecule has 0 amide bonds. The number of rotatable bonds is 6. The van der Waals surface area contributed by atoms with Crippen molar-refractivity contribution in [3.05, 3.63) is 0 Å². The molecule has 1 unspecified atom stereocenters. The van der Waals surface area contributed by atoms with Gasteiger partial charge in [-0.05, 0) is 111 Å². The van der Waals surface area contributed by atoms with E-state index in [1.54, 1.807) is 11.4 Å². The predicted octanol–water partition coefficient (Wildman–Crippen LogP) is 6.28. The topological polar surface area (TPSA) is 35.5 Å². The van der Waals surface area contributed by atoms with Gasteiger partial charge in [-0.2, -0.15) is 0 Å². The average Bonchev–Trinajstić information content (AvgIpc) is 3.04. The van der Waals surface area contributed by atoms with E-state index < -0.39 is 0 Å². The lowest BCUT2D eigenvalue weighted by Gasteiger charge is -2.61. The van der Waals surface area contributed by atoms with E-state index in [9.17, 15) is 0 Å². The molecule has 4 rings (SSSR count). The van der Waals surface area contributed by atoms with Gasteiger partial charge in [0.2, 0.25) is 0 Å². The fourth-order valence-corrected chi connectivity index (χ4v) is 9.17. The maximum Gasteiger partial charge on any atom is 0.0149 e. The first kappa shape index (κ1) is 21.1. The van der Waals surface area contributed by atoms with E-state index >= 15 is 0 Å². The first-order valence-electron chi connectivity index (χ1n) is 12.5. The van der Waals surface area contributed by atoms with Crippen LogP contribution in [0.1, 0.15) is 97.8 Å². The number of hydrazine groups is 1. The monoisotopic (exact) mass is 390 g/mol. The Morgan fingerprint density at radius 1 is 0.964 bits per heavy atom. The second kappa shape index (κ2) is 8.19. The van der Waals surface area contributed by atoms with E-state index in [1.165, 1.54) is 70.6 Å². The quantitative estimate of drug-likeness (QED) is 0.524. The molecular formula is C25H46N2O. The van der Waals surface area contributed by atoms with E-state index in [1.807, 2.05) is 7.05 Å². The van der Waals surface area contributed by atoms with E-state index in [0.29, 0.717) is 10.8 Å². The van der Waals surface area contributed by atoms with Gasteiger partial charge < -0.3 is 5.21 Å². The van der Waals surface area contributed by atoms with E-state index in [2.05, 4.69) is 26.4 Å². The molecule has 0 radical (unpaired) electrons. The van der Waals surface area contributed by atoms with Crippen molar-refractivity contribution < 1.29 is 5.21 Å². The van der Waals surface area contributed by atoms with Crippen molar-refractivity contribution in [3.63, 3.8) is 0 Å². The SMILES string of the molecule is C[C@H](CCCN(C)NO)[C@H]1CC[C@H]2[C@@H]3CCC4CCCC[C@]4(C)[C@H]3CC[C@]12C. The molecule has 8 atom stereocenters. The molecule has 0 aliphatic heterocycles. The van der Waals surface area contributed by atoms with Crippen LogP contribution in [0.4, 0.5) is 0 Å².